The second-order valence-electron chi connectivity index (χ2n) is 4.31. The molecule has 0 N–H and O–H groups in total. The van der Waals surface area contributed by atoms with Crippen LogP contribution in [0.1, 0.15) is 15.9 Å². The summed E-state index contributed by atoms with van der Waals surface area (Å²) in [6, 6.07) is 15.1. The third kappa shape index (κ3) is 2.34. The Labute approximate surface area is 119 Å². The smallest absolute Gasteiger partial charge is 0.196 e. The zero-order chi connectivity index (χ0) is 13.2. The van der Waals surface area contributed by atoms with E-state index in [4.69, 9.17) is 4.74 Å². The van der Waals surface area contributed by atoms with Crippen LogP contribution in [0.4, 0.5) is 0 Å². The molecule has 1 aliphatic rings. The molecule has 0 aliphatic carbocycles. The van der Waals surface area contributed by atoms with Crippen molar-refractivity contribution < 1.29 is 9.53 Å². The van der Waals surface area contributed by atoms with Gasteiger partial charge in [-0.2, -0.15) is 0 Å². The Morgan fingerprint density at radius 3 is 2.63 bits per heavy atom. The Balaban J connectivity index is 2.01. The molecule has 94 valence electrons. The molecular formula is C16H11BrO2. The normalized spacial score (nSPS) is 16.1. The number of halogens is 1. The van der Waals surface area contributed by atoms with Crippen molar-refractivity contribution in [3.8, 4) is 5.75 Å². The van der Waals surface area contributed by atoms with Crippen LogP contribution in [0.25, 0.3) is 6.08 Å². The van der Waals surface area contributed by atoms with E-state index in [1.54, 1.807) is 6.07 Å². The molecule has 0 fully saturated rings. The molecule has 19 heavy (non-hydrogen) atoms. The van der Waals surface area contributed by atoms with Gasteiger partial charge in [0, 0.05) is 10.0 Å². The topological polar surface area (TPSA) is 26.3 Å². The molecule has 0 saturated heterocycles. The molecule has 1 aliphatic heterocycles. The SMILES string of the molecule is O=C1C(=Cc2ccccc2Br)COc2ccccc21. The summed E-state index contributed by atoms with van der Waals surface area (Å²) in [4.78, 5) is 12.4. The van der Waals surface area contributed by atoms with Crippen molar-refractivity contribution in [1.82, 2.24) is 0 Å². The van der Waals surface area contributed by atoms with E-state index in [1.165, 1.54) is 0 Å². The first-order valence-electron chi connectivity index (χ1n) is 5.97. The maximum Gasteiger partial charge on any atom is 0.196 e. The third-order valence-electron chi connectivity index (χ3n) is 3.04. The Morgan fingerprint density at radius 1 is 1.05 bits per heavy atom. The van der Waals surface area contributed by atoms with Gasteiger partial charge in [0.05, 0.1) is 5.56 Å². The molecule has 3 heteroatoms. The van der Waals surface area contributed by atoms with Crippen LogP contribution in [0.2, 0.25) is 0 Å². The van der Waals surface area contributed by atoms with E-state index >= 15 is 0 Å². The van der Waals surface area contributed by atoms with Gasteiger partial charge in [0.1, 0.15) is 12.4 Å². The highest BCUT2D eigenvalue weighted by Crippen LogP contribution is 2.28. The predicted octanol–water partition coefficient (Wildman–Crippen LogP) is 4.11. The lowest BCUT2D eigenvalue weighted by Crippen LogP contribution is -2.18. The lowest BCUT2D eigenvalue weighted by Gasteiger charge is -2.18. The molecule has 2 aromatic rings. The Kier molecular flexibility index (Phi) is 3.22. The van der Waals surface area contributed by atoms with Crippen molar-refractivity contribution in [3.05, 3.63) is 69.7 Å². The van der Waals surface area contributed by atoms with Crippen LogP contribution in [0.15, 0.2) is 58.6 Å². The van der Waals surface area contributed by atoms with Crippen LogP contribution in [0, 0.1) is 0 Å². The summed E-state index contributed by atoms with van der Waals surface area (Å²) < 4.78 is 6.58. The number of carbonyl (C=O) groups excluding carboxylic acids is 1. The van der Waals surface area contributed by atoms with Gasteiger partial charge in [-0.25, -0.2) is 0 Å². The summed E-state index contributed by atoms with van der Waals surface area (Å²) in [6.07, 6.45) is 1.88. The van der Waals surface area contributed by atoms with E-state index in [0.717, 1.165) is 10.0 Å². The molecule has 2 aromatic carbocycles. The number of hydrogen-bond acceptors (Lipinski definition) is 2. The molecule has 0 spiro atoms. The number of Topliss-reactive ketones (excluding diaryl/α,β-unsaturated/α-hetero) is 1. The van der Waals surface area contributed by atoms with Crippen molar-refractivity contribution in [3.63, 3.8) is 0 Å². The number of carbonyl (C=O) groups is 1. The second-order valence-corrected chi connectivity index (χ2v) is 5.16. The Hall–Kier alpha value is -1.87. The Bertz CT molecular complexity index is 674. The first kappa shape index (κ1) is 12.2. The second kappa shape index (κ2) is 5.02. The van der Waals surface area contributed by atoms with Crippen molar-refractivity contribution in [2.24, 2.45) is 0 Å². The quantitative estimate of drug-likeness (QED) is 0.740. The maximum absolute atomic E-state index is 12.4. The van der Waals surface area contributed by atoms with Gasteiger partial charge in [-0.3, -0.25) is 4.79 Å². The van der Waals surface area contributed by atoms with Gasteiger partial charge in [0.2, 0.25) is 0 Å². The predicted molar refractivity (Wildman–Crippen MR) is 78.4 cm³/mol. The van der Waals surface area contributed by atoms with Gasteiger partial charge in [0.25, 0.3) is 0 Å². The number of ketones is 1. The highest BCUT2D eigenvalue weighted by Gasteiger charge is 2.22. The van der Waals surface area contributed by atoms with Crippen LogP contribution < -0.4 is 4.74 Å². The summed E-state index contributed by atoms with van der Waals surface area (Å²) in [5, 5.41) is 0. The monoisotopic (exact) mass is 314 g/mol. The summed E-state index contributed by atoms with van der Waals surface area (Å²) >= 11 is 3.48. The minimum Gasteiger partial charge on any atom is -0.488 e. The average Bonchev–Trinajstić information content (AvgIpc) is 2.44. The van der Waals surface area contributed by atoms with Gasteiger partial charge in [-0.05, 0) is 29.8 Å². The van der Waals surface area contributed by atoms with E-state index in [1.807, 2.05) is 48.5 Å². The first-order chi connectivity index (χ1) is 9.25. The minimum absolute atomic E-state index is 0.0394. The molecule has 2 nitrogen and oxygen atoms in total. The van der Waals surface area contributed by atoms with Gasteiger partial charge in [-0.1, -0.05) is 46.3 Å². The summed E-state index contributed by atoms with van der Waals surface area (Å²) in [6.45, 7) is 0.317. The highest BCUT2D eigenvalue weighted by atomic mass is 79.9. The lowest BCUT2D eigenvalue weighted by atomic mass is 9.98. The fourth-order valence-corrected chi connectivity index (χ4v) is 2.46. The van der Waals surface area contributed by atoms with Crippen LogP contribution in [-0.4, -0.2) is 12.4 Å². The number of rotatable bonds is 1. The van der Waals surface area contributed by atoms with Gasteiger partial charge < -0.3 is 4.74 Å². The number of hydrogen-bond donors (Lipinski definition) is 0. The van der Waals surface area contributed by atoms with E-state index in [-0.39, 0.29) is 5.78 Å². The van der Waals surface area contributed by atoms with E-state index < -0.39 is 0 Å². The van der Waals surface area contributed by atoms with Crippen LogP contribution in [-0.2, 0) is 0 Å². The number of para-hydroxylation sites is 1. The van der Waals surface area contributed by atoms with Crippen LogP contribution >= 0.6 is 15.9 Å². The van der Waals surface area contributed by atoms with E-state index in [0.29, 0.717) is 23.5 Å². The largest absolute Gasteiger partial charge is 0.488 e. The first-order valence-corrected chi connectivity index (χ1v) is 6.76. The zero-order valence-corrected chi connectivity index (χ0v) is 11.7. The summed E-state index contributed by atoms with van der Waals surface area (Å²) in [5.41, 5.74) is 2.28. The molecule has 3 rings (SSSR count). The molecule has 0 saturated carbocycles. The molecule has 0 atom stereocenters. The van der Waals surface area contributed by atoms with Crippen LogP contribution in [0.3, 0.4) is 0 Å². The van der Waals surface area contributed by atoms with Gasteiger partial charge in [-0.15, -0.1) is 0 Å². The molecule has 0 amide bonds. The zero-order valence-electron chi connectivity index (χ0n) is 10.1. The molecular weight excluding hydrogens is 304 g/mol. The fourth-order valence-electron chi connectivity index (χ4n) is 2.06. The average molecular weight is 315 g/mol. The fraction of sp³-hybridized carbons (Fsp3) is 0.0625. The number of fused-ring (bicyclic) bond motifs is 1. The molecule has 0 aromatic heterocycles. The number of ether oxygens (including phenoxy) is 1. The van der Waals surface area contributed by atoms with Crippen LogP contribution in [0.5, 0.6) is 5.75 Å². The minimum atomic E-state index is 0.0394. The van der Waals surface area contributed by atoms with Crippen molar-refractivity contribution >= 4 is 27.8 Å². The van der Waals surface area contributed by atoms with E-state index in [9.17, 15) is 4.79 Å². The summed E-state index contributed by atoms with van der Waals surface area (Å²) in [7, 11) is 0. The van der Waals surface area contributed by atoms with Crippen molar-refractivity contribution in [2.75, 3.05) is 6.61 Å². The lowest BCUT2D eigenvalue weighted by molar-refractivity contribution is 0.100. The van der Waals surface area contributed by atoms with Crippen molar-refractivity contribution in [1.29, 1.82) is 0 Å². The highest BCUT2D eigenvalue weighted by molar-refractivity contribution is 9.10. The molecule has 1 heterocycles. The summed E-state index contributed by atoms with van der Waals surface area (Å²) in [5.74, 6) is 0.703. The molecule has 0 bridgehead atoms. The number of benzene rings is 2. The van der Waals surface area contributed by atoms with Gasteiger partial charge in [0.15, 0.2) is 5.78 Å². The Morgan fingerprint density at radius 2 is 1.79 bits per heavy atom. The van der Waals surface area contributed by atoms with E-state index in [2.05, 4.69) is 15.9 Å². The standard InChI is InChI=1S/C16H11BrO2/c17-14-7-3-1-5-11(14)9-12-10-19-15-8-4-2-6-13(15)16(12)18/h1-9H,10H2. The third-order valence-corrected chi connectivity index (χ3v) is 3.76. The molecule has 0 radical (unpaired) electrons. The van der Waals surface area contributed by atoms with Gasteiger partial charge >= 0.3 is 0 Å². The molecule has 0 unspecified atom stereocenters. The van der Waals surface area contributed by atoms with Crippen molar-refractivity contribution in [2.45, 2.75) is 0 Å². The maximum atomic E-state index is 12.4.